The highest BCUT2D eigenvalue weighted by molar-refractivity contribution is 8.93. The molecule has 0 amide bonds. The molecule has 0 aliphatic heterocycles. The van der Waals surface area contributed by atoms with E-state index in [9.17, 15) is 13.5 Å². The Morgan fingerprint density at radius 1 is 1.11 bits per heavy atom. The first kappa shape index (κ1) is 22.4. The van der Waals surface area contributed by atoms with Gasteiger partial charge >= 0.3 is 0 Å². The molecule has 0 spiro atoms. The second kappa shape index (κ2) is 8.60. The summed E-state index contributed by atoms with van der Waals surface area (Å²) in [6, 6.07) is 12.0. The third-order valence-electron chi connectivity index (χ3n) is 4.12. The number of rotatable bonds is 4. The molecule has 150 valence electrons. The Kier molecular flexibility index (Phi) is 6.87. The van der Waals surface area contributed by atoms with Gasteiger partial charge in [-0.1, -0.05) is 0 Å². The smallest absolute Gasteiger partial charge is 0.242 e. The summed E-state index contributed by atoms with van der Waals surface area (Å²) in [5.74, 6) is 0.194. The van der Waals surface area contributed by atoms with Crippen LogP contribution in [0.3, 0.4) is 0 Å². The van der Waals surface area contributed by atoms with Crippen LogP contribution in [-0.2, 0) is 17.1 Å². The quantitative estimate of drug-likeness (QED) is 0.612. The van der Waals surface area contributed by atoms with Gasteiger partial charge in [-0.3, -0.25) is 0 Å². The molecule has 3 rings (SSSR count). The highest BCUT2D eigenvalue weighted by Gasteiger charge is 2.19. The molecule has 3 aromatic rings. The predicted octanol–water partition coefficient (Wildman–Crippen LogP) is 3.83. The number of thiazole rings is 1. The first-order valence-electron chi connectivity index (χ1n) is 8.21. The van der Waals surface area contributed by atoms with Crippen molar-refractivity contribution in [3.63, 3.8) is 0 Å². The molecule has 1 heterocycles. The molecule has 0 radical (unpaired) electrons. The fraction of sp³-hybridized carbons (Fsp3) is 0.211. The average molecular weight is 484 g/mol. The second-order valence-electron chi connectivity index (χ2n) is 6.41. The second-order valence-corrected chi connectivity index (χ2v) is 9.40. The van der Waals surface area contributed by atoms with E-state index in [1.165, 1.54) is 29.7 Å². The van der Waals surface area contributed by atoms with Crippen molar-refractivity contribution in [3.05, 3.63) is 58.2 Å². The van der Waals surface area contributed by atoms with Gasteiger partial charge < -0.3 is 9.67 Å². The lowest BCUT2D eigenvalue weighted by atomic mass is 10.1. The van der Waals surface area contributed by atoms with Gasteiger partial charge in [-0.15, -0.1) is 28.3 Å². The summed E-state index contributed by atoms with van der Waals surface area (Å²) in [5.41, 5.74) is 3.31. The van der Waals surface area contributed by atoms with Crippen LogP contribution in [0.1, 0.15) is 5.56 Å². The van der Waals surface area contributed by atoms with Gasteiger partial charge in [-0.05, 0) is 55.0 Å². The lowest BCUT2D eigenvalue weighted by molar-refractivity contribution is 0.475. The standard InChI is InChI=1S/C19H21N3O3S2.BrH/c1-13-9-14(11-17(10-13)27(24,25)21(2)3)18-12-26-19(22(18)4)20-15-5-7-16(23)8-6-15;/h5-12,23H,1-4H3;1H/b20-19+;. The fourth-order valence-electron chi connectivity index (χ4n) is 2.63. The number of nitrogens with zero attached hydrogens (tertiary/aromatic N) is 3. The average Bonchev–Trinajstić information content (AvgIpc) is 2.97. The third-order valence-corrected chi connectivity index (χ3v) is 6.83. The van der Waals surface area contributed by atoms with Gasteiger partial charge in [0, 0.05) is 32.1 Å². The number of phenols is 1. The largest absolute Gasteiger partial charge is 0.508 e. The van der Waals surface area contributed by atoms with Crippen LogP contribution in [0, 0.1) is 6.92 Å². The topological polar surface area (TPSA) is 74.9 Å². The van der Waals surface area contributed by atoms with Gasteiger partial charge in [-0.2, -0.15) is 0 Å². The monoisotopic (exact) mass is 483 g/mol. The van der Waals surface area contributed by atoms with Gasteiger partial charge in [0.1, 0.15) is 5.75 Å². The minimum absolute atomic E-state index is 0. The number of hydrogen-bond donors (Lipinski definition) is 1. The maximum atomic E-state index is 12.5. The van der Waals surface area contributed by atoms with Crippen molar-refractivity contribution in [3.8, 4) is 17.0 Å². The highest BCUT2D eigenvalue weighted by Crippen LogP contribution is 2.26. The minimum atomic E-state index is -3.51. The van der Waals surface area contributed by atoms with Gasteiger partial charge in [-0.25, -0.2) is 17.7 Å². The normalized spacial score (nSPS) is 12.2. The number of benzene rings is 2. The first-order valence-corrected chi connectivity index (χ1v) is 10.5. The maximum Gasteiger partial charge on any atom is 0.242 e. The zero-order valence-electron chi connectivity index (χ0n) is 15.9. The number of hydrogen-bond acceptors (Lipinski definition) is 5. The molecule has 6 nitrogen and oxygen atoms in total. The molecule has 1 N–H and O–H groups in total. The van der Waals surface area contributed by atoms with Gasteiger partial charge in [0.25, 0.3) is 0 Å². The van der Waals surface area contributed by atoms with Crippen molar-refractivity contribution < 1.29 is 13.5 Å². The SMILES string of the molecule is Br.Cc1cc(-c2cs/c(=N/c3ccc(O)cc3)n2C)cc(S(=O)(=O)N(C)C)c1. The fourth-order valence-corrected chi connectivity index (χ4v) is 4.58. The molecular weight excluding hydrogens is 462 g/mol. The number of aryl methyl sites for hydroxylation is 1. The van der Waals surface area contributed by atoms with Crippen LogP contribution in [0.2, 0.25) is 0 Å². The molecule has 0 fully saturated rings. The van der Waals surface area contributed by atoms with Crippen molar-refractivity contribution in [2.45, 2.75) is 11.8 Å². The van der Waals surface area contributed by atoms with Crippen LogP contribution in [0.25, 0.3) is 11.3 Å². The van der Waals surface area contributed by atoms with Crippen LogP contribution < -0.4 is 4.80 Å². The van der Waals surface area contributed by atoms with Crippen molar-refractivity contribution in [1.82, 2.24) is 8.87 Å². The zero-order chi connectivity index (χ0) is 19.8. The molecule has 0 saturated carbocycles. The molecule has 0 aliphatic carbocycles. The number of halogens is 1. The highest BCUT2D eigenvalue weighted by atomic mass is 79.9. The number of sulfonamides is 1. The Morgan fingerprint density at radius 2 is 1.75 bits per heavy atom. The molecule has 0 bridgehead atoms. The van der Waals surface area contributed by atoms with Gasteiger partial charge in [0.15, 0.2) is 4.80 Å². The molecule has 0 aliphatic rings. The zero-order valence-corrected chi connectivity index (χ0v) is 19.3. The Morgan fingerprint density at radius 3 is 2.36 bits per heavy atom. The van der Waals surface area contributed by atoms with E-state index in [1.807, 2.05) is 30.0 Å². The summed E-state index contributed by atoms with van der Waals surface area (Å²) < 4.78 is 28.2. The summed E-state index contributed by atoms with van der Waals surface area (Å²) in [5, 5.41) is 11.3. The number of aromatic nitrogens is 1. The van der Waals surface area contributed by atoms with Gasteiger partial charge in [0.2, 0.25) is 10.0 Å². The van der Waals surface area contributed by atoms with E-state index in [4.69, 9.17) is 0 Å². The molecule has 0 unspecified atom stereocenters. The Labute approximate surface area is 179 Å². The number of phenolic OH excluding ortho intramolecular Hbond substituents is 1. The minimum Gasteiger partial charge on any atom is -0.508 e. The van der Waals surface area contributed by atoms with Crippen LogP contribution in [0.5, 0.6) is 5.75 Å². The predicted molar refractivity (Wildman–Crippen MR) is 118 cm³/mol. The Bertz CT molecular complexity index is 1150. The van der Waals surface area contributed by atoms with E-state index in [-0.39, 0.29) is 27.6 Å². The lowest BCUT2D eigenvalue weighted by Crippen LogP contribution is -2.22. The maximum absolute atomic E-state index is 12.5. The summed E-state index contributed by atoms with van der Waals surface area (Å²) in [6.45, 7) is 1.88. The van der Waals surface area contributed by atoms with Crippen LogP contribution in [0.4, 0.5) is 5.69 Å². The van der Waals surface area contributed by atoms with E-state index in [1.54, 1.807) is 36.4 Å². The molecule has 1 aromatic heterocycles. The summed E-state index contributed by atoms with van der Waals surface area (Å²) >= 11 is 1.47. The molecular formula is C19H22BrN3O3S2. The van der Waals surface area contributed by atoms with Crippen LogP contribution in [0.15, 0.2) is 57.7 Å². The van der Waals surface area contributed by atoms with Crippen LogP contribution in [-0.4, -0.2) is 36.5 Å². The van der Waals surface area contributed by atoms with Gasteiger partial charge in [0.05, 0.1) is 16.3 Å². The number of aromatic hydroxyl groups is 1. The third kappa shape index (κ3) is 4.54. The summed E-state index contributed by atoms with van der Waals surface area (Å²) in [6.07, 6.45) is 0. The van der Waals surface area contributed by atoms with E-state index in [0.29, 0.717) is 0 Å². The van der Waals surface area contributed by atoms with Crippen molar-refractivity contribution in [1.29, 1.82) is 0 Å². The Balaban J connectivity index is 0.00000280. The van der Waals surface area contributed by atoms with Crippen molar-refractivity contribution in [2.75, 3.05) is 14.1 Å². The lowest BCUT2D eigenvalue weighted by Gasteiger charge is -2.13. The van der Waals surface area contributed by atoms with Crippen LogP contribution >= 0.6 is 28.3 Å². The molecule has 0 atom stereocenters. The summed E-state index contributed by atoms with van der Waals surface area (Å²) in [7, 11) is 1.44. The Hall–Kier alpha value is -1.94. The first-order chi connectivity index (χ1) is 12.7. The molecule has 0 saturated heterocycles. The van der Waals surface area contributed by atoms with E-state index in [0.717, 1.165) is 27.3 Å². The van der Waals surface area contributed by atoms with E-state index >= 15 is 0 Å². The molecule has 9 heteroatoms. The van der Waals surface area contributed by atoms with E-state index < -0.39 is 10.0 Å². The van der Waals surface area contributed by atoms with Crippen molar-refractivity contribution >= 4 is 44.0 Å². The van der Waals surface area contributed by atoms with E-state index in [2.05, 4.69) is 4.99 Å². The molecule has 28 heavy (non-hydrogen) atoms. The van der Waals surface area contributed by atoms with Crippen molar-refractivity contribution in [2.24, 2.45) is 12.0 Å². The summed E-state index contributed by atoms with van der Waals surface area (Å²) in [4.78, 5) is 5.64. The molecule has 2 aromatic carbocycles.